The van der Waals surface area contributed by atoms with Gasteiger partial charge in [0, 0.05) is 46.7 Å². The number of H-pyrrole nitrogens is 1. The monoisotopic (exact) mass is 252 g/mol. The lowest BCUT2D eigenvalue weighted by atomic mass is 10.1. The number of nitrogens with zero attached hydrogens (tertiary/aromatic N) is 2. The van der Waals surface area contributed by atoms with E-state index in [9.17, 15) is 0 Å². The molecular formula is C15H16N4. The number of fused-ring (bicyclic) bond motifs is 1. The van der Waals surface area contributed by atoms with Gasteiger partial charge in [0.15, 0.2) is 0 Å². The first kappa shape index (κ1) is 11.7. The van der Waals surface area contributed by atoms with E-state index in [0.29, 0.717) is 5.95 Å². The Balaban J connectivity index is 2.10. The van der Waals surface area contributed by atoms with Crippen molar-refractivity contribution in [3.63, 3.8) is 0 Å². The van der Waals surface area contributed by atoms with Crippen LogP contribution in [-0.2, 0) is 0 Å². The molecule has 19 heavy (non-hydrogen) atoms. The van der Waals surface area contributed by atoms with Gasteiger partial charge in [-0.05, 0) is 19.9 Å². The van der Waals surface area contributed by atoms with E-state index in [-0.39, 0.29) is 0 Å². The second-order valence-electron chi connectivity index (χ2n) is 4.50. The fourth-order valence-corrected chi connectivity index (χ4v) is 2.36. The first-order valence-electron chi connectivity index (χ1n) is 6.43. The summed E-state index contributed by atoms with van der Waals surface area (Å²) in [5.41, 5.74) is 4.50. The van der Waals surface area contributed by atoms with E-state index in [1.54, 1.807) is 0 Å². The standard InChI is InChI=1S/C15H16N4/c1-3-16-15-17-8-11(9-18-15)14-10(2)19-13-7-5-4-6-12(13)14/h4-9,19H,3H2,1-2H3,(H,16,17,18). The van der Waals surface area contributed by atoms with Crippen molar-refractivity contribution in [3.05, 3.63) is 42.4 Å². The predicted molar refractivity (Wildman–Crippen MR) is 78.2 cm³/mol. The van der Waals surface area contributed by atoms with Crippen LogP contribution in [-0.4, -0.2) is 21.5 Å². The molecule has 0 spiro atoms. The molecule has 3 rings (SSSR count). The molecule has 0 aliphatic carbocycles. The van der Waals surface area contributed by atoms with E-state index in [1.807, 2.05) is 31.5 Å². The molecule has 0 radical (unpaired) electrons. The lowest BCUT2D eigenvalue weighted by Crippen LogP contribution is -2.01. The summed E-state index contributed by atoms with van der Waals surface area (Å²) in [6.07, 6.45) is 3.74. The smallest absolute Gasteiger partial charge is 0.222 e. The SMILES string of the molecule is CCNc1ncc(-c2c(C)[nH]c3ccccc23)cn1. The Morgan fingerprint density at radius 2 is 1.89 bits per heavy atom. The van der Waals surface area contributed by atoms with Gasteiger partial charge < -0.3 is 10.3 Å². The van der Waals surface area contributed by atoms with Gasteiger partial charge in [-0.1, -0.05) is 18.2 Å². The van der Waals surface area contributed by atoms with Gasteiger partial charge in [-0.15, -0.1) is 0 Å². The van der Waals surface area contributed by atoms with Crippen molar-refractivity contribution in [2.24, 2.45) is 0 Å². The minimum atomic E-state index is 0.670. The molecule has 4 nitrogen and oxygen atoms in total. The predicted octanol–water partition coefficient (Wildman–Crippen LogP) is 3.37. The maximum absolute atomic E-state index is 4.34. The van der Waals surface area contributed by atoms with Gasteiger partial charge in [0.2, 0.25) is 5.95 Å². The molecule has 0 aliphatic heterocycles. The number of nitrogens with one attached hydrogen (secondary N) is 2. The highest BCUT2D eigenvalue weighted by atomic mass is 15.1. The lowest BCUT2D eigenvalue weighted by Gasteiger charge is -2.04. The molecule has 0 unspecified atom stereocenters. The van der Waals surface area contributed by atoms with Gasteiger partial charge >= 0.3 is 0 Å². The van der Waals surface area contributed by atoms with Crippen molar-refractivity contribution in [3.8, 4) is 11.1 Å². The lowest BCUT2D eigenvalue weighted by molar-refractivity contribution is 1.09. The van der Waals surface area contributed by atoms with Gasteiger partial charge in [0.1, 0.15) is 0 Å². The minimum absolute atomic E-state index is 0.670. The number of rotatable bonds is 3. The van der Waals surface area contributed by atoms with Crippen LogP contribution in [0.2, 0.25) is 0 Å². The summed E-state index contributed by atoms with van der Waals surface area (Å²) in [6.45, 7) is 4.93. The molecule has 2 aromatic heterocycles. The Morgan fingerprint density at radius 1 is 1.16 bits per heavy atom. The molecule has 0 bridgehead atoms. The Morgan fingerprint density at radius 3 is 2.63 bits per heavy atom. The summed E-state index contributed by atoms with van der Waals surface area (Å²) >= 11 is 0. The fraction of sp³-hybridized carbons (Fsp3) is 0.200. The van der Waals surface area contributed by atoms with Crippen molar-refractivity contribution >= 4 is 16.9 Å². The van der Waals surface area contributed by atoms with Crippen LogP contribution in [0.5, 0.6) is 0 Å². The Labute approximate surface area is 111 Å². The van der Waals surface area contributed by atoms with Gasteiger partial charge in [0.05, 0.1) is 0 Å². The zero-order chi connectivity index (χ0) is 13.2. The summed E-state index contributed by atoms with van der Waals surface area (Å²) < 4.78 is 0. The van der Waals surface area contributed by atoms with Crippen molar-refractivity contribution < 1.29 is 0 Å². The highest BCUT2D eigenvalue weighted by Crippen LogP contribution is 2.31. The molecule has 0 saturated carbocycles. The van der Waals surface area contributed by atoms with Crippen LogP contribution in [0.3, 0.4) is 0 Å². The average Bonchev–Trinajstić information content (AvgIpc) is 2.76. The minimum Gasteiger partial charge on any atom is -0.358 e. The van der Waals surface area contributed by atoms with Gasteiger partial charge in [-0.2, -0.15) is 0 Å². The Hall–Kier alpha value is -2.36. The van der Waals surface area contributed by atoms with Crippen LogP contribution in [0.4, 0.5) is 5.95 Å². The number of para-hydroxylation sites is 1. The quantitative estimate of drug-likeness (QED) is 0.751. The molecule has 2 heterocycles. The molecule has 0 saturated heterocycles. The van der Waals surface area contributed by atoms with E-state index in [1.165, 1.54) is 10.9 Å². The van der Waals surface area contributed by atoms with E-state index >= 15 is 0 Å². The second kappa shape index (κ2) is 4.72. The van der Waals surface area contributed by atoms with E-state index in [0.717, 1.165) is 23.3 Å². The van der Waals surface area contributed by atoms with E-state index in [4.69, 9.17) is 0 Å². The van der Waals surface area contributed by atoms with Gasteiger partial charge in [-0.25, -0.2) is 9.97 Å². The van der Waals surface area contributed by atoms with Crippen LogP contribution in [0.1, 0.15) is 12.6 Å². The van der Waals surface area contributed by atoms with Crippen LogP contribution < -0.4 is 5.32 Å². The van der Waals surface area contributed by atoms with Crippen LogP contribution in [0.15, 0.2) is 36.7 Å². The van der Waals surface area contributed by atoms with Crippen molar-refractivity contribution in [2.75, 3.05) is 11.9 Å². The average molecular weight is 252 g/mol. The van der Waals surface area contributed by atoms with Crippen molar-refractivity contribution in [1.82, 2.24) is 15.0 Å². The maximum Gasteiger partial charge on any atom is 0.222 e. The molecule has 3 aromatic rings. The third kappa shape index (κ3) is 2.05. The molecule has 2 N–H and O–H groups in total. The number of hydrogen-bond donors (Lipinski definition) is 2. The largest absolute Gasteiger partial charge is 0.358 e. The molecule has 0 atom stereocenters. The van der Waals surface area contributed by atoms with Crippen LogP contribution >= 0.6 is 0 Å². The molecule has 0 aliphatic rings. The van der Waals surface area contributed by atoms with Crippen LogP contribution in [0.25, 0.3) is 22.0 Å². The summed E-state index contributed by atoms with van der Waals surface area (Å²) in [6, 6.07) is 8.28. The number of benzene rings is 1. The maximum atomic E-state index is 4.34. The first-order valence-corrected chi connectivity index (χ1v) is 6.43. The summed E-state index contributed by atoms with van der Waals surface area (Å²) in [5.74, 6) is 0.670. The summed E-state index contributed by atoms with van der Waals surface area (Å²) in [5, 5.41) is 4.31. The zero-order valence-corrected chi connectivity index (χ0v) is 11.1. The number of aryl methyl sites for hydroxylation is 1. The summed E-state index contributed by atoms with van der Waals surface area (Å²) in [7, 11) is 0. The molecule has 96 valence electrons. The Bertz CT molecular complexity index is 698. The van der Waals surface area contributed by atoms with E-state index < -0.39 is 0 Å². The van der Waals surface area contributed by atoms with Gasteiger partial charge in [-0.3, -0.25) is 0 Å². The second-order valence-corrected chi connectivity index (χ2v) is 4.50. The van der Waals surface area contributed by atoms with Gasteiger partial charge in [0.25, 0.3) is 0 Å². The van der Waals surface area contributed by atoms with Crippen molar-refractivity contribution in [1.29, 1.82) is 0 Å². The number of anilines is 1. The first-order chi connectivity index (χ1) is 9.29. The van der Waals surface area contributed by atoms with E-state index in [2.05, 4.69) is 39.3 Å². The molecular weight excluding hydrogens is 236 g/mol. The van der Waals surface area contributed by atoms with Crippen LogP contribution in [0, 0.1) is 6.92 Å². The van der Waals surface area contributed by atoms with Crippen molar-refractivity contribution in [2.45, 2.75) is 13.8 Å². The number of aromatic nitrogens is 3. The highest BCUT2D eigenvalue weighted by Gasteiger charge is 2.10. The third-order valence-electron chi connectivity index (χ3n) is 3.17. The molecule has 0 amide bonds. The number of aromatic amines is 1. The summed E-state index contributed by atoms with van der Waals surface area (Å²) in [4.78, 5) is 12.1. The molecule has 4 heteroatoms. The number of hydrogen-bond acceptors (Lipinski definition) is 3. The third-order valence-corrected chi connectivity index (χ3v) is 3.17. The highest BCUT2D eigenvalue weighted by molar-refractivity contribution is 5.97. The molecule has 0 fully saturated rings. The Kier molecular flexibility index (Phi) is 2.91. The normalized spacial score (nSPS) is 10.8. The fourth-order valence-electron chi connectivity index (χ4n) is 2.36. The zero-order valence-electron chi connectivity index (χ0n) is 11.1. The topological polar surface area (TPSA) is 53.6 Å². The molecule has 1 aromatic carbocycles.